The third-order valence-corrected chi connectivity index (χ3v) is 4.12. The Morgan fingerprint density at radius 2 is 1.93 bits per heavy atom. The van der Waals surface area contributed by atoms with Gasteiger partial charge < -0.3 is 0 Å². The molecule has 0 aromatic heterocycles. The number of hydrogen-bond acceptors (Lipinski definition) is 1. The summed E-state index contributed by atoms with van der Waals surface area (Å²) in [6, 6.07) is 0. The lowest BCUT2D eigenvalue weighted by molar-refractivity contribution is -0.136. The maximum absolute atomic E-state index is 12.0. The second-order valence-electron chi connectivity index (χ2n) is 5.65. The number of Topliss-reactive ketones (excluding diaryl/α,β-unsaturated/α-hetero) is 1. The molecule has 0 amide bonds. The molecule has 0 radical (unpaired) electrons. The predicted molar refractivity (Wildman–Crippen MR) is 57.9 cm³/mol. The van der Waals surface area contributed by atoms with E-state index in [1.165, 1.54) is 0 Å². The van der Waals surface area contributed by atoms with Crippen LogP contribution in [0.15, 0.2) is 12.2 Å². The molecule has 1 heteroatoms. The van der Waals surface area contributed by atoms with Crippen molar-refractivity contribution in [2.24, 2.45) is 23.2 Å². The maximum atomic E-state index is 12.0. The fourth-order valence-electron chi connectivity index (χ4n) is 3.40. The molecule has 0 N–H and O–H groups in total. The van der Waals surface area contributed by atoms with Gasteiger partial charge in [-0.1, -0.05) is 32.9 Å². The Balaban J connectivity index is 2.30. The van der Waals surface area contributed by atoms with Crippen LogP contribution in [-0.2, 0) is 4.79 Å². The summed E-state index contributed by atoms with van der Waals surface area (Å²) in [6.07, 6.45) is 7.60. The van der Waals surface area contributed by atoms with Crippen LogP contribution in [0.5, 0.6) is 0 Å². The van der Waals surface area contributed by atoms with Crippen LogP contribution in [0, 0.1) is 23.2 Å². The highest BCUT2D eigenvalue weighted by Gasteiger charge is 2.46. The molecule has 1 nitrogen and oxygen atoms in total. The van der Waals surface area contributed by atoms with Crippen molar-refractivity contribution in [1.29, 1.82) is 0 Å². The lowest BCUT2D eigenvalue weighted by Gasteiger charge is -2.46. The number of rotatable bonds is 0. The Kier molecular flexibility index (Phi) is 2.29. The summed E-state index contributed by atoms with van der Waals surface area (Å²) < 4.78 is 0. The van der Waals surface area contributed by atoms with Crippen molar-refractivity contribution >= 4 is 5.78 Å². The molecule has 0 aromatic rings. The van der Waals surface area contributed by atoms with E-state index in [9.17, 15) is 4.79 Å². The van der Waals surface area contributed by atoms with Crippen molar-refractivity contribution in [3.63, 3.8) is 0 Å². The highest BCUT2D eigenvalue weighted by molar-refractivity contribution is 5.84. The van der Waals surface area contributed by atoms with E-state index in [-0.39, 0.29) is 5.92 Å². The Bertz CT molecular complexity index is 275. The minimum absolute atomic E-state index is 0.276. The summed E-state index contributed by atoms with van der Waals surface area (Å²) in [6.45, 7) is 6.75. The van der Waals surface area contributed by atoms with Gasteiger partial charge in [-0.3, -0.25) is 4.79 Å². The summed E-state index contributed by atoms with van der Waals surface area (Å²) in [5.41, 5.74) is 0.350. The second-order valence-corrected chi connectivity index (χ2v) is 5.65. The summed E-state index contributed by atoms with van der Waals surface area (Å²) in [5.74, 6) is 1.70. The molecule has 2 aliphatic carbocycles. The van der Waals surface area contributed by atoms with Crippen molar-refractivity contribution in [2.45, 2.75) is 40.0 Å². The van der Waals surface area contributed by atoms with Crippen LogP contribution in [0.3, 0.4) is 0 Å². The molecule has 0 aliphatic heterocycles. The van der Waals surface area contributed by atoms with Gasteiger partial charge in [0.1, 0.15) is 5.78 Å². The Morgan fingerprint density at radius 3 is 2.64 bits per heavy atom. The molecular weight excluding hydrogens is 172 g/mol. The topological polar surface area (TPSA) is 17.1 Å². The third kappa shape index (κ3) is 1.43. The SMILES string of the molecule is CC1CC(C)(C)C2CC=CCC2C1=O. The van der Waals surface area contributed by atoms with Crippen LogP contribution in [0.2, 0.25) is 0 Å². The fourth-order valence-corrected chi connectivity index (χ4v) is 3.40. The van der Waals surface area contributed by atoms with Crippen molar-refractivity contribution in [3.05, 3.63) is 12.2 Å². The first-order valence-electron chi connectivity index (χ1n) is 5.71. The molecule has 0 saturated heterocycles. The highest BCUT2D eigenvalue weighted by atomic mass is 16.1. The van der Waals surface area contributed by atoms with Gasteiger partial charge in [0.2, 0.25) is 0 Å². The summed E-state index contributed by atoms with van der Waals surface area (Å²) >= 11 is 0. The standard InChI is InChI=1S/C13H20O/c1-9-8-13(2,3)11-7-5-4-6-10(11)12(9)14/h4-5,9-11H,6-8H2,1-3H3. The monoisotopic (exact) mass is 192 g/mol. The lowest BCUT2D eigenvalue weighted by Crippen LogP contribution is -2.44. The average Bonchev–Trinajstić information content (AvgIpc) is 2.14. The molecule has 0 heterocycles. The van der Waals surface area contributed by atoms with Crippen LogP contribution in [0.1, 0.15) is 40.0 Å². The summed E-state index contributed by atoms with van der Waals surface area (Å²) in [4.78, 5) is 12.0. The molecule has 0 aromatic carbocycles. The molecule has 2 aliphatic rings. The van der Waals surface area contributed by atoms with Gasteiger partial charge in [-0.2, -0.15) is 0 Å². The van der Waals surface area contributed by atoms with E-state index in [0.29, 0.717) is 23.0 Å². The van der Waals surface area contributed by atoms with Crippen LogP contribution in [0.4, 0.5) is 0 Å². The van der Waals surface area contributed by atoms with Crippen LogP contribution < -0.4 is 0 Å². The molecule has 14 heavy (non-hydrogen) atoms. The van der Waals surface area contributed by atoms with E-state index in [4.69, 9.17) is 0 Å². The number of ketones is 1. The fraction of sp³-hybridized carbons (Fsp3) is 0.769. The Labute approximate surface area is 86.6 Å². The molecular formula is C13H20O. The first kappa shape index (κ1) is 9.95. The van der Waals surface area contributed by atoms with Gasteiger partial charge in [-0.15, -0.1) is 0 Å². The summed E-state index contributed by atoms with van der Waals surface area (Å²) in [7, 11) is 0. The first-order valence-corrected chi connectivity index (χ1v) is 5.71. The second kappa shape index (κ2) is 3.22. The number of fused-ring (bicyclic) bond motifs is 1. The van der Waals surface area contributed by atoms with Crippen molar-refractivity contribution in [1.82, 2.24) is 0 Å². The highest BCUT2D eigenvalue weighted by Crippen LogP contribution is 2.49. The van der Waals surface area contributed by atoms with Crippen molar-refractivity contribution < 1.29 is 4.79 Å². The zero-order valence-corrected chi connectivity index (χ0v) is 9.42. The van der Waals surface area contributed by atoms with Crippen LogP contribution in [0.25, 0.3) is 0 Å². The molecule has 0 spiro atoms. The number of allylic oxidation sites excluding steroid dienone is 2. The molecule has 3 atom stereocenters. The molecule has 0 bridgehead atoms. The minimum atomic E-state index is 0.276. The first-order chi connectivity index (χ1) is 6.52. The largest absolute Gasteiger partial charge is 0.299 e. The molecule has 78 valence electrons. The molecule has 1 fully saturated rings. The van der Waals surface area contributed by atoms with E-state index in [2.05, 4.69) is 32.9 Å². The molecule has 2 rings (SSSR count). The number of carbonyl (C=O) groups excluding carboxylic acids is 1. The van der Waals surface area contributed by atoms with Gasteiger partial charge in [0, 0.05) is 11.8 Å². The normalized spacial score (nSPS) is 40.8. The Morgan fingerprint density at radius 1 is 1.29 bits per heavy atom. The molecule has 1 saturated carbocycles. The van der Waals surface area contributed by atoms with Gasteiger partial charge >= 0.3 is 0 Å². The number of hydrogen-bond donors (Lipinski definition) is 0. The van der Waals surface area contributed by atoms with Gasteiger partial charge in [-0.05, 0) is 30.6 Å². The average molecular weight is 192 g/mol. The lowest BCUT2D eigenvalue weighted by atomic mass is 9.57. The van der Waals surface area contributed by atoms with Crippen molar-refractivity contribution in [3.8, 4) is 0 Å². The third-order valence-electron chi connectivity index (χ3n) is 4.12. The van der Waals surface area contributed by atoms with Crippen molar-refractivity contribution in [2.75, 3.05) is 0 Å². The van der Waals surface area contributed by atoms with E-state index in [1.54, 1.807) is 0 Å². The van der Waals surface area contributed by atoms with Crippen LogP contribution in [-0.4, -0.2) is 5.78 Å². The zero-order chi connectivity index (χ0) is 10.3. The summed E-state index contributed by atoms with van der Waals surface area (Å²) in [5, 5.41) is 0. The zero-order valence-electron chi connectivity index (χ0n) is 9.42. The van der Waals surface area contributed by atoms with Gasteiger partial charge in [0.25, 0.3) is 0 Å². The quantitative estimate of drug-likeness (QED) is 0.539. The maximum Gasteiger partial charge on any atom is 0.139 e. The van der Waals surface area contributed by atoms with Gasteiger partial charge in [0.05, 0.1) is 0 Å². The predicted octanol–water partition coefficient (Wildman–Crippen LogP) is 3.20. The molecule has 3 unspecified atom stereocenters. The van der Waals surface area contributed by atoms with Gasteiger partial charge in [0.15, 0.2) is 0 Å². The number of carbonyl (C=O) groups is 1. The smallest absolute Gasteiger partial charge is 0.139 e. The van der Waals surface area contributed by atoms with E-state index in [1.807, 2.05) is 0 Å². The van der Waals surface area contributed by atoms with Crippen LogP contribution >= 0.6 is 0 Å². The van der Waals surface area contributed by atoms with E-state index < -0.39 is 0 Å². The van der Waals surface area contributed by atoms with E-state index >= 15 is 0 Å². The Hall–Kier alpha value is -0.590. The van der Waals surface area contributed by atoms with Gasteiger partial charge in [-0.25, -0.2) is 0 Å². The minimum Gasteiger partial charge on any atom is -0.299 e. The van der Waals surface area contributed by atoms with E-state index in [0.717, 1.165) is 19.3 Å².